The van der Waals surface area contributed by atoms with Crippen molar-refractivity contribution >= 4 is 41.7 Å². The van der Waals surface area contributed by atoms with Gasteiger partial charge >= 0.3 is 0 Å². The van der Waals surface area contributed by atoms with E-state index in [0.29, 0.717) is 12.3 Å². The predicted octanol–water partition coefficient (Wildman–Crippen LogP) is 2.85. The van der Waals surface area contributed by atoms with Gasteiger partial charge in [0.25, 0.3) is 0 Å². The first-order valence-electron chi connectivity index (χ1n) is 6.01. The second kappa shape index (κ2) is 11.4. The van der Waals surface area contributed by atoms with Crippen molar-refractivity contribution < 1.29 is 4.79 Å². The first kappa shape index (κ1) is 18.6. The summed E-state index contributed by atoms with van der Waals surface area (Å²) < 4.78 is 0. The van der Waals surface area contributed by atoms with Gasteiger partial charge < -0.3 is 11.1 Å². The van der Waals surface area contributed by atoms with Crippen LogP contribution in [0.1, 0.15) is 18.4 Å². The molecule has 1 amide bonds. The molecule has 0 spiro atoms. The van der Waals surface area contributed by atoms with Crippen molar-refractivity contribution in [1.82, 2.24) is 5.32 Å². The Labute approximate surface area is 130 Å². The number of unbranched alkanes of at least 4 members (excludes halogenated alkanes) is 1. The first-order chi connectivity index (χ1) is 8.72. The van der Waals surface area contributed by atoms with Crippen LogP contribution in [0.4, 0.5) is 0 Å². The summed E-state index contributed by atoms with van der Waals surface area (Å²) in [4.78, 5) is 11.5. The molecule has 0 unspecified atom stereocenters. The van der Waals surface area contributed by atoms with Gasteiger partial charge in [0, 0.05) is 17.3 Å². The van der Waals surface area contributed by atoms with E-state index in [1.54, 1.807) is 11.8 Å². The fourth-order valence-corrected chi connectivity index (χ4v) is 2.33. The number of nitrogens with one attached hydrogen (secondary N) is 1. The summed E-state index contributed by atoms with van der Waals surface area (Å²) in [5, 5.41) is 3.61. The quantitative estimate of drug-likeness (QED) is 0.723. The van der Waals surface area contributed by atoms with Crippen LogP contribution in [0.25, 0.3) is 0 Å². The van der Waals surface area contributed by atoms with Gasteiger partial charge in [-0.05, 0) is 37.1 Å². The highest BCUT2D eigenvalue weighted by Crippen LogP contribution is 2.15. The fourth-order valence-electron chi connectivity index (χ4n) is 1.39. The number of amides is 1. The van der Waals surface area contributed by atoms with E-state index in [1.807, 2.05) is 24.3 Å². The molecule has 0 radical (unpaired) electrons. The van der Waals surface area contributed by atoms with Gasteiger partial charge in [-0.2, -0.15) is 0 Å². The number of rotatable bonds is 8. The van der Waals surface area contributed by atoms with Gasteiger partial charge in [0.1, 0.15) is 0 Å². The summed E-state index contributed by atoms with van der Waals surface area (Å²) in [5.41, 5.74) is 6.56. The van der Waals surface area contributed by atoms with Crippen LogP contribution >= 0.6 is 35.8 Å². The number of carbonyl (C=O) groups is 1. The Morgan fingerprint density at radius 2 is 1.95 bits per heavy atom. The molecule has 3 nitrogen and oxygen atoms in total. The number of nitrogens with two attached hydrogens (primary N) is 1. The van der Waals surface area contributed by atoms with E-state index in [1.165, 1.54) is 5.56 Å². The second-order valence-corrected chi connectivity index (χ2v) is 5.39. The molecule has 19 heavy (non-hydrogen) atoms. The topological polar surface area (TPSA) is 55.1 Å². The molecule has 1 aromatic carbocycles. The molecule has 0 saturated heterocycles. The third kappa shape index (κ3) is 9.16. The number of hydrogen-bond acceptors (Lipinski definition) is 3. The van der Waals surface area contributed by atoms with Gasteiger partial charge in [0.15, 0.2) is 0 Å². The highest BCUT2D eigenvalue weighted by Gasteiger charge is 2.01. The summed E-state index contributed by atoms with van der Waals surface area (Å²) in [6, 6.07) is 7.69. The zero-order valence-corrected chi connectivity index (χ0v) is 13.1. The summed E-state index contributed by atoms with van der Waals surface area (Å²) in [6.07, 6.45) is 1.91. The Kier molecular flexibility index (Phi) is 11.2. The molecule has 0 saturated carbocycles. The number of thioether (sulfide) groups is 1. The molecule has 6 heteroatoms. The molecule has 0 aliphatic carbocycles. The molecule has 0 atom stereocenters. The van der Waals surface area contributed by atoms with Crippen molar-refractivity contribution in [1.29, 1.82) is 0 Å². The van der Waals surface area contributed by atoms with Crippen LogP contribution in [0.15, 0.2) is 24.3 Å². The normalized spacial score (nSPS) is 9.79. The van der Waals surface area contributed by atoms with Crippen molar-refractivity contribution in [2.75, 3.05) is 18.8 Å². The van der Waals surface area contributed by atoms with E-state index >= 15 is 0 Å². The van der Waals surface area contributed by atoms with Gasteiger partial charge in [-0.15, -0.1) is 24.2 Å². The molecular weight excluding hydrogens is 303 g/mol. The second-order valence-electron chi connectivity index (χ2n) is 3.97. The molecular formula is C13H20Cl2N2OS. The Bertz CT molecular complexity index is 360. The summed E-state index contributed by atoms with van der Waals surface area (Å²) >= 11 is 7.40. The highest BCUT2D eigenvalue weighted by atomic mass is 35.5. The van der Waals surface area contributed by atoms with E-state index in [-0.39, 0.29) is 18.3 Å². The Morgan fingerprint density at radius 3 is 2.58 bits per heavy atom. The number of benzene rings is 1. The maximum absolute atomic E-state index is 11.5. The lowest BCUT2D eigenvalue weighted by Crippen LogP contribution is -2.26. The third-order valence-electron chi connectivity index (χ3n) is 2.37. The lowest BCUT2D eigenvalue weighted by atomic mass is 10.2. The van der Waals surface area contributed by atoms with E-state index in [0.717, 1.165) is 30.2 Å². The molecule has 0 aliphatic heterocycles. The first-order valence-corrected chi connectivity index (χ1v) is 7.54. The summed E-state index contributed by atoms with van der Waals surface area (Å²) in [7, 11) is 0. The smallest absolute Gasteiger partial charge is 0.230 e. The zero-order chi connectivity index (χ0) is 13.2. The monoisotopic (exact) mass is 322 g/mol. The fraction of sp³-hybridized carbons (Fsp3) is 0.462. The average Bonchev–Trinajstić information content (AvgIpc) is 2.37. The summed E-state index contributed by atoms with van der Waals surface area (Å²) in [6.45, 7) is 1.40. The minimum absolute atomic E-state index is 0. The molecule has 0 fully saturated rings. The summed E-state index contributed by atoms with van der Waals surface area (Å²) in [5.74, 6) is 1.41. The van der Waals surface area contributed by atoms with Crippen LogP contribution in [0.5, 0.6) is 0 Å². The van der Waals surface area contributed by atoms with Gasteiger partial charge in [-0.3, -0.25) is 4.79 Å². The van der Waals surface area contributed by atoms with Crippen LogP contribution < -0.4 is 11.1 Å². The van der Waals surface area contributed by atoms with E-state index in [2.05, 4.69) is 5.32 Å². The molecule has 108 valence electrons. The van der Waals surface area contributed by atoms with E-state index < -0.39 is 0 Å². The van der Waals surface area contributed by atoms with Crippen molar-refractivity contribution in [3.05, 3.63) is 34.9 Å². The molecule has 1 aromatic rings. The molecule has 0 heterocycles. The minimum Gasteiger partial charge on any atom is -0.355 e. The Morgan fingerprint density at radius 1 is 1.26 bits per heavy atom. The lowest BCUT2D eigenvalue weighted by Gasteiger charge is -2.05. The standard InChI is InChI=1S/C13H19ClN2OS.ClH/c14-12-5-3-11(4-6-12)9-18-10-13(17)16-8-2-1-7-15;/h3-6H,1-2,7-10,15H2,(H,16,17);1H. The van der Waals surface area contributed by atoms with Crippen LogP contribution in [-0.4, -0.2) is 24.7 Å². The lowest BCUT2D eigenvalue weighted by molar-refractivity contribution is -0.118. The Balaban J connectivity index is 0.00000324. The Hall–Kier alpha value is -0.420. The molecule has 3 N–H and O–H groups in total. The zero-order valence-electron chi connectivity index (χ0n) is 10.7. The molecule has 0 aromatic heterocycles. The average molecular weight is 323 g/mol. The largest absolute Gasteiger partial charge is 0.355 e. The highest BCUT2D eigenvalue weighted by molar-refractivity contribution is 7.99. The third-order valence-corrected chi connectivity index (χ3v) is 3.62. The molecule has 1 rings (SSSR count). The SMILES string of the molecule is Cl.NCCCCNC(=O)CSCc1ccc(Cl)cc1. The van der Waals surface area contributed by atoms with Gasteiger partial charge in [0.2, 0.25) is 5.91 Å². The number of carbonyl (C=O) groups excluding carboxylic acids is 1. The maximum atomic E-state index is 11.5. The van der Waals surface area contributed by atoms with Crippen molar-refractivity contribution in [2.45, 2.75) is 18.6 Å². The van der Waals surface area contributed by atoms with Crippen LogP contribution in [0.2, 0.25) is 5.02 Å². The van der Waals surface area contributed by atoms with Crippen LogP contribution in [-0.2, 0) is 10.5 Å². The van der Waals surface area contributed by atoms with Crippen molar-refractivity contribution in [3.63, 3.8) is 0 Å². The number of hydrogen-bond donors (Lipinski definition) is 2. The predicted molar refractivity (Wildman–Crippen MR) is 86.2 cm³/mol. The van der Waals surface area contributed by atoms with Gasteiger partial charge in [-0.25, -0.2) is 0 Å². The van der Waals surface area contributed by atoms with E-state index in [4.69, 9.17) is 17.3 Å². The van der Waals surface area contributed by atoms with Gasteiger partial charge in [0.05, 0.1) is 5.75 Å². The van der Waals surface area contributed by atoms with Crippen LogP contribution in [0.3, 0.4) is 0 Å². The maximum Gasteiger partial charge on any atom is 0.230 e. The number of halogens is 2. The van der Waals surface area contributed by atoms with Crippen molar-refractivity contribution in [3.8, 4) is 0 Å². The van der Waals surface area contributed by atoms with Crippen molar-refractivity contribution in [2.24, 2.45) is 5.73 Å². The minimum atomic E-state index is 0. The van der Waals surface area contributed by atoms with Gasteiger partial charge in [-0.1, -0.05) is 23.7 Å². The van der Waals surface area contributed by atoms with Crippen LogP contribution in [0, 0.1) is 0 Å². The molecule has 0 aliphatic rings. The molecule has 0 bridgehead atoms. The van der Waals surface area contributed by atoms with E-state index in [9.17, 15) is 4.79 Å².